The fourth-order valence-electron chi connectivity index (χ4n) is 1.87. The second-order valence-corrected chi connectivity index (χ2v) is 3.90. The van der Waals surface area contributed by atoms with Crippen LogP contribution in [0.25, 0.3) is 0 Å². The van der Waals surface area contributed by atoms with Crippen molar-refractivity contribution in [3.05, 3.63) is 30.4 Å². The molecule has 0 aromatic heterocycles. The van der Waals surface area contributed by atoms with Crippen LogP contribution < -0.4 is 19.9 Å². The first kappa shape index (κ1) is 14.4. The molecule has 0 aliphatic heterocycles. The molecule has 4 nitrogen and oxygen atoms in total. The highest BCUT2D eigenvalue weighted by Gasteiger charge is 2.19. The van der Waals surface area contributed by atoms with Crippen molar-refractivity contribution in [2.75, 3.05) is 21.3 Å². The van der Waals surface area contributed by atoms with E-state index in [0.29, 0.717) is 17.2 Å². The van der Waals surface area contributed by atoms with Gasteiger partial charge in [0.25, 0.3) is 0 Å². The van der Waals surface area contributed by atoms with E-state index in [9.17, 15) is 0 Å². The number of rotatable bonds is 7. The predicted octanol–water partition coefficient (Wildman–Crippen LogP) is 2.68. The van der Waals surface area contributed by atoms with Crippen LogP contribution in [0.2, 0.25) is 0 Å². The Hall–Kier alpha value is -1.68. The lowest BCUT2D eigenvalue weighted by Crippen LogP contribution is -2.12. The van der Waals surface area contributed by atoms with Gasteiger partial charge in [-0.15, -0.1) is 6.58 Å². The molecular formula is C14H21NO3. The summed E-state index contributed by atoms with van der Waals surface area (Å²) in [7, 11) is 4.77. The minimum atomic E-state index is -0.113. The van der Waals surface area contributed by atoms with E-state index >= 15 is 0 Å². The van der Waals surface area contributed by atoms with Gasteiger partial charge in [-0.05, 0) is 25.0 Å². The molecule has 0 aliphatic rings. The Bertz CT molecular complexity index is 404. The van der Waals surface area contributed by atoms with Crippen molar-refractivity contribution in [3.8, 4) is 17.2 Å². The molecule has 4 heteroatoms. The van der Waals surface area contributed by atoms with Gasteiger partial charge in [0.15, 0.2) is 11.5 Å². The first-order valence-corrected chi connectivity index (χ1v) is 5.84. The van der Waals surface area contributed by atoms with Crippen molar-refractivity contribution >= 4 is 0 Å². The third kappa shape index (κ3) is 2.96. The molecule has 0 bridgehead atoms. The third-order valence-corrected chi connectivity index (χ3v) is 2.82. The Balaban J connectivity index is 3.15. The van der Waals surface area contributed by atoms with Crippen LogP contribution in [0.4, 0.5) is 0 Å². The van der Waals surface area contributed by atoms with Crippen LogP contribution in [0.5, 0.6) is 17.2 Å². The summed E-state index contributed by atoms with van der Waals surface area (Å²) >= 11 is 0. The topological polar surface area (TPSA) is 53.7 Å². The zero-order valence-electron chi connectivity index (χ0n) is 11.2. The van der Waals surface area contributed by atoms with Crippen molar-refractivity contribution < 1.29 is 14.2 Å². The van der Waals surface area contributed by atoms with Gasteiger partial charge in [0, 0.05) is 11.6 Å². The SMILES string of the molecule is C=CCC[C@@H](N)c1ccc(OC)c(OC)c1OC. The number of hydrogen-bond donors (Lipinski definition) is 1. The quantitative estimate of drug-likeness (QED) is 0.757. The summed E-state index contributed by atoms with van der Waals surface area (Å²) in [5.41, 5.74) is 7.06. The lowest BCUT2D eigenvalue weighted by molar-refractivity contribution is 0.320. The molecule has 0 amide bonds. The minimum absolute atomic E-state index is 0.113. The molecule has 1 aromatic rings. The maximum atomic E-state index is 6.15. The summed E-state index contributed by atoms with van der Waals surface area (Å²) in [6.45, 7) is 3.70. The van der Waals surface area contributed by atoms with E-state index in [0.717, 1.165) is 18.4 Å². The summed E-state index contributed by atoms with van der Waals surface area (Å²) in [4.78, 5) is 0. The van der Waals surface area contributed by atoms with E-state index in [2.05, 4.69) is 6.58 Å². The normalized spacial score (nSPS) is 11.8. The molecule has 2 N–H and O–H groups in total. The third-order valence-electron chi connectivity index (χ3n) is 2.82. The number of ether oxygens (including phenoxy) is 3. The van der Waals surface area contributed by atoms with Gasteiger partial charge >= 0.3 is 0 Å². The maximum Gasteiger partial charge on any atom is 0.203 e. The number of hydrogen-bond acceptors (Lipinski definition) is 4. The van der Waals surface area contributed by atoms with Crippen LogP contribution >= 0.6 is 0 Å². The zero-order valence-corrected chi connectivity index (χ0v) is 11.2. The van der Waals surface area contributed by atoms with Crippen molar-refractivity contribution in [2.45, 2.75) is 18.9 Å². The monoisotopic (exact) mass is 251 g/mol. The van der Waals surface area contributed by atoms with Crippen LogP contribution in [-0.4, -0.2) is 21.3 Å². The molecule has 1 atom stereocenters. The second kappa shape index (κ2) is 6.91. The van der Waals surface area contributed by atoms with Crippen LogP contribution in [0.1, 0.15) is 24.4 Å². The van der Waals surface area contributed by atoms with Gasteiger partial charge in [0.1, 0.15) is 0 Å². The van der Waals surface area contributed by atoms with Crippen LogP contribution in [0.15, 0.2) is 24.8 Å². The average molecular weight is 251 g/mol. The van der Waals surface area contributed by atoms with Gasteiger partial charge < -0.3 is 19.9 Å². The van der Waals surface area contributed by atoms with Gasteiger partial charge in [-0.2, -0.15) is 0 Å². The van der Waals surface area contributed by atoms with E-state index in [-0.39, 0.29) is 6.04 Å². The van der Waals surface area contributed by atoms with Gasteiger partial charge in [0.2, 0.25) is 5.75 Å². The first-order chi connectivity index (χ1) is 8.69. The highest BCUT2D eigenvalue weighted by molar-refractivity contribution is 5.56. The molecule has 0 aliphatic carbocycles. The predicted molar refractivity (Wildman–Crippen MR) is 72.5 cm³/mol. The molecule has 1 rings (SSSR count). The number of methoxy groups -OCH3 is 3. The van der Waals surface area contributed by atoms with Gasteiger partial charge in [-0.1, -0.05) is 6.08 Å². The molecular weight excluding hydrogens is 230 g/mol. The molecule has 1 aromatic carbocycles. The van der Waals surface area contributed by atoms with Crippen LogP contribution in [-0.2, 0) is 0 Å². The first-order valence-electron chi connectivity index (χ1n) is 5.84. The molecule has 0 saturated carbocycles. The van der Waals surface area contributed by atoms with Crippen molar-refractivity contribution in [2.24, 2.45) is 5.73 Å². The van der Waals surface area contributed by atoms with Gasteiger partial charge in [-0.25, -0.2) is 0 Å². The number of benzene rings is 1. The van der Waals surface area contributed by atoms with Crippen molar-refractivity contribution in [3.63, 3.8) is 0 Å². The summed E-state index contributed by atoms with van der Waals surface area (Å²) in [5.74, 6) is 1.84. The summed E-state index contributed by atoms with van der Waals surface area (Å²) in [6, 6.07) is 3.64. The smallest absolute Gasteiger partial charge is 0.203 e. The van der Waals surface area contributed by atoms with E-state index < -0.39 is 0 Å². The number of nitrogens with two attached hydrogens (primary N) is 1. The Morgan fingerprint density at radius 1 is 1.17 bits per heavy atom. The molecule has 0 radical (unpaired) electrons. The fraction of sp³-hybridized carbons (Fsp3) is 0.429. The fourth-order valence-corrected chi connectivity index (χ4v) is 1.87. The molecule has 0 unspecified atom stereocenters. The van der Waals surface area contributed by atoms with E-state index in [1.807, 2.05) is 18.2 Å². The van der Waals surface area contributed by atoms with Crippen LogP contribution in [0.3, 0.4) is 0 Å². The van der Waals surface area contributed by atoms with Crippen molar-refractivity contribution in [1.82, 2.24) is 0 Å². The molecule has 0 spiro atoms. The lowest BCUT2D eigenvalue weighted by Gasteiger charge is -2.19. The summed E-state index contributed by atoms with van der Waals surface area (Å²) in [6.07, 6.45) is 3.53. The zero-order chi connectivity index (χ0) is 13.5. The highest BCUT2D eigenvalue weighted by Crippen LogP contribution is 2.42. The number of allylic oxidation sites excluding steroid dienone is 1. The van der Waals surface area contributed by atoms with Gasteiger partial charge in [0.05, 0.1) is 21.3 Å². The second-order valence-electron chi connectivity index (χ2n) is 3.90. The van der Waals surface area contributed by atoms with E-state index in [1.165, 1.54) is 0 Å². The molecule has 0 fully saturated rings. The molecule has 100 valence electrons. The molecule has 0 saturated heterocycles. The minimum Gasteiger partial charge on any atom is -0.493 e. The van der Waals surface area contributed by atoms with E-state index in [1.54, 1.807) is 21.3 Å². The van der Waals surface area contributed by atoms with Crippen LogP contribution in [0, 0.1) is 0 Å². The molecule has 18 heavy (non-hydrogen) atoms. The molecule has 0 heterocycles. The highest BCUT2D eigenvalue weighted by atomic mass is 16.5. The van der Waals surface area contributed by atoms with Gasteiger partial charge in [-0.3, -0.25) is 0 Å². The maximum absolute atomic E-state index is 6.15. The Morgan fingerprint density at radius 2 is 1.83 bits per heavy atom. The lowest BCUT2D eigenvalue weighted by atomic mass is 10.0. The Kier molecular flexibility index (Phi) is 5.52. The average Bonchev–Trinajstić information content (AvgIpc) is 2.42. The summed E-state index contributed by atoms with van der Waals surface area (Å²) < 4.78 is 16.0. The van der Waals surface area contributed by atoms with E-state index in [4.69, 9.17) is 19.9 Å². The standard InChI is InChI=1S/C14H21NO3/c1-5-6-7-11(15)10-8-9-12(16-2)14(18-4)13(10)17-3/h5,8-9,11H,1,6-7,15H2,2-4H3/t11-/m1/s1. The Labute approximate surface area is 108 Å². The van der Waals surface area contributed by atoms with Crippen molar-refractivity contribution in [1.29, 1.82) is 0 Å². The summed E-state index contributed by atoms with van der Waals surface area (Å²) in [5, 5.41) is 0. The largest absolute Gasteiger partial charge is 0.493 e. The Morgan fingerprint density at radius 3 is 2.33 bits per heavy atom.